The number of rotatable bonds is 2. The molecule has 0 amide bonds. The molecule has 5 heteroatoms. The number of benzene rings is 1. The maximum atomic E-state index is 11.8. The van der Waals surface area contributed by atoms with E-state index in [-0.39, 0.29) is 5.63 Å². The van der Waals surface area contributed by atoms with Crippen LogP contribution in [0.2, 0.25) is 0 Å². The number of ether oxygens (including phenoxy) is 3. The van der Waals surface area contributed by atoms with Crippen LogP contribution in [0.4, 0.5) is 0 Å². The molecule has 0 unspecified atom stereocenters. The van der Waals surface area contributed by atoms with Gasteiger partial charge in [0.25, 0.3) is 0 Å². The van der Waals surface area contributed by atoms with Crippen molar-refractivity contribution in [1.82, 2.24) is 0 Å². The first-order valence-corrected chi connectivity index (χ1v) is 5.59. The maximum Gasteiger partial charge on any atom is 0.343 e. The van der Waals surface area contributed by atoms with Gasteiger partial charge in [0.1, 0.15) is 28.2 Å². The molecule has 5 nitrogen and oxygen atoms in total. The lowest BCUT2D eigenvalue weighted by Gasteiger charge is -2.10. The van der Waals surface area contributed by atoms with Crippen LogP contribution < -0.4 is 19.8 Å². The summed E-state index contributed by atoms with van der Waals surface area (Å²) < 4.78 is 21.3. The van der Waals surface area contributed by atoms with Gasteiger partial charge in [-0.1, -0.05) is 0 Å². The van der Waals surface area contributed by atoms with E-state index < -0.39 is 0 Å². The van der Waals surface area contributed by atoms with Crippen LogP contribution in [0.1, 0.15) is 5.56 Å². The van der Waals surface area contributed by atoms with Crippen LogP contribution >= 0.6 is 0 Å². The normalized spacial score (nSPS) is 13.2. The van der Waals surface area contributed by atoms with Crippen molar-refractivity contribution < 1.29 is 18.6 Å². The number of fused-ring (bicyclic) bond motifs is 3. The van der Waals surface area contributed by atoms with Gasteiger partial charge >= 0.3 is 5.63 Å². The standard InChI is InChI=1S/C13H12O5/c1-15-7-5-9(16-2)11-10(6-7)18-13(14)8-3-4-17-12(8)11/h5-6H,3-4H2,1-2H3. The Hall–Kier alpha value is -2.17. The van der Waals surface area contributed by atoms with E-state index in [2.05, 4.69) is 0 Å². The molecule has 1 aliphatic heterocycles. The summed E-state index contributed by atoms with van der Waals surface area (Å²) in [5.41, 5.74) is 0.633. The third-order valence-corrected chi connectivity index (χ3v) is 3.04. The highest BCUT2D eigenvalue weighted by Gasteiger charge is 2.24. The molecule has 2 aromatic rings. The summed E-state index contributed by atoms with van der Waals surface area (Å²) in [6, 6.07) is 3.39. The van der Waals surface area contributed by atoms with E-state index in [4.69, 9.17) is 18.6 Å². The summed E-state index contributed by atoms with van der Waals surface area (Å²) in [6.45, 7) is 0.494. The van der Waals surface area contributed by atoms with Crippen LogP contribution in [0.25, 0.3) is 11.0 Å². The van der Waals surface area contributed by atoms with Gasteiger partial charge in [0.2, 0.25) is 0 Å². The van der Waals surface area contributed by atoms with Crippen molar-refractivity contribution in [3.05, 3.63) is 28.1 Å². The van der Waals surface area contributed by atoms with Crippen LogP contribution in [-0.2, 0) is 6.42 Å². The second-order valence-electron chi connectivity index (χ2n) is 4.00. The Kier molecular flexibility index (Phi) is 2.40. The van der Waals surface area contributed by atoms with Crippen molar-refractivity contribution in [2.45, 2.75) is 6.42 Å². The zero-order valence-electron chi connectivity index (χ0n) is 10.1. The summed E-state index contributed by atoms with van der Waals surface area (Å²) >= 11 is 0. The quantitative estimate of drug-likeness (QED) is 0.758. The molecule has 0 radical (unpaired) electrons. The number of hydrogen-bond acceptors (Lipinski definition) is 5. The first-order valence-electron chi connectivity index (χ1n) is 5.59. The van der Waals surface area contributed by atoms with Crippen LogP contribution in [0.15, 0.2) is 21.3 Å². The molecule has 1 aromatic carbocycles. The monoisotopic (exact) mass is 248 g/mol. The molecular weight excluding hydrogens is 236 g/mol. The SMILES string of the molecule is COc1cc(OC)c2c3c(c(=O)oc2c1)CCO3. The van der Waals surface area contributed by atoms with Gasteiger partial charge in [0, 0.05) is 18.6 Å². The van der Waals surface area contributed by atoms with E-state index in [9.17, 15) is 4.79 Å². The molecule has 1 aromatic heterocycles. The van der Waals surface area contributed by atoms with E-state index in [1.54, 1.807) is 26.4 Å². The lowest BCUT2D eigenvalue weighted by molar-refractivity contribution is 0.356. The maximum absolute atomic E-state index is 11.8. The van der Waals surface area contributed by atoms with Crippen molar-refractivity contribution >= 4 is 11.0 Å². The third-order valence-electron chi connectivity index (χ3n) is 3.04. The summed E-state index contributed by atoms with van der Waals surface area (Å²) in [4.78, 5) is 11.8. The highest BCUT2D eigenvalue weighted by Crippen LogP contribution is 2.40. The summed E-state index contributed by atoms with van der Waals surface area (Å²) in [7, 11) is 3.10. The predicted octanol–water partition coefficient (Wildman–Crippen LogP) is 1.75. The van der Waals surface area contributed by atoms with E-state index in [0.717, 1.165) is 0 Å². The van der Waals surface area contributed by atoms with Crippen LogP contribution in [0.3, 0.4) is 0 Å². The Morgan fingerprint density at radius 1 is 1.22 bits per heavy atom. The van der Waals surface area contributed by atoms with Gasteiger partial charge in [0.05, 0.1) is 26.4 Å². The molecule has 18 heavy (non-hydrogen) atoms. The molecule has 0 N–H and O–H groups in total. The fourth-order valence-corrected chi connectivity index (χ4v) is 2.18. The average molecular weight is 248 g/mol. The molecule has 0 bridgehead atoms. The summed E-state index contributed by atoms with van der Waals surface area (Å²) in [5, 5.41) is 0.686. The van der Waals surface area contributed by atoms with Gasteiger partial charge in [-0.25, -0.2) is 4.79 Å². The molecule has 0 spiro atoms. The fraction of sp³-hybridized carbons (Fsp3) is 0.308. The fourth-order valence-electron chi connectivity index (χ4n) is 2.18. The molecule has 0 saturated carbocycles. The lowest BCUT2D eigenvalue weighted by Crippen LogP contribution is -2.05. The van der Waals surface area contributed by atoms with Gasteiger partial charge in [0.15, 0.2) is 0 Å². The topological polar surface area (TPSA) is 57.9 Å². The van der Waals surface area contributed by atoms with Gasteiger partial charge in [-0.3, -0.25) is 0 Å². The highest BCUT2D eigenvalue weighted by molar-refractivity contribution is 5.92. The number of hydrogen-bond donors (Lipinski definition) is 0. The molecular formula is C13H12O5. The molecule has 3 rings (SSSR count). The van der Waals surface area contributed by atoms with E-state index >= 15 is 0 Å². The van der Waals surface area contributed by atoms with Crippen LogP contribution in [0.5, 0.6) is 17.2 Å². The first kappa shape index (κ1) is 11.0. The molecule has 0 fully saturated rings. The lowest BCUT2D eigenvalue weighted by atomic mass is 10.1. The highest BCUT2D eigenvalue weighted by atomic mass is 16.5. The summed E-state index contributed by atoms with van der Waals surface area (Å²) in [5.74, 6) is 1.72. The van der Waals surface area contributed by atoms with E-state index in [1.165, 1.54) is 0 Å². The minimum atomic E-state index is -0.356. The Bertz CT molecular complexity index is 671. The second kappa shape index (κ2) is 3.94. The van der Waals surface area contributed by atoms with Gasteiger partial charge in [-0.15, -0.1) is 0 Å². The third kappa shape index (κ3) is 1.44. The zero-order valence-corrected chi connectivity index (χ0v) is 10.1. The molecule has 2 heterocycles. The van der Waals surface area contributed by atoms with E-state index in [1.807, 2.05) is 0 Å². The number of methoxy groups -OCH3 is 2. The Morgan fingerprint density at radius 3 is 2.78 bits per heavy atom. The Balaban J connectivity index is 2.44. The Morgan fingerprint density at radius 2 is 2.06 bits per heavy atom. The van der Waals surface area contributed by atoms with Crippen molar-refractivity contribution in [2.24, 2.45) is 0 Å². The molecule has 1 aliphatic rings. The predicted molar refractivity (Wildman–Crippen MR) is 64.8 cm³/mol. The molecule has 94 valence electrons. The van der Waals surface area contributed by atoms with E-state index in [0.29, 0.717) is 46.8 Å². The zero-order chi connectivity index (χ0) is 12.7. The van der Waals surface area contributed by atoms with Gasteiger partial charge in [-0.05, 0) is 0 Å². The molecule has 0 atom stereocenters. The smallest absolute Gasteiger partial charge is 0.343 e. The Labute approximate surface area is 103 Å². The molecule has 0 aliphatic carbocycles. The van der Waals surface area contributed by atoms with Crippen LogP contribution in [0, 0.1) is 0 Å². The van der Waals surface area contributed by atoms with Crippen molar-refractivity contribution in [3.8, 4) is 17.2 Å². The summed E-state index contributed by atoms with van der Waals surface area (Å²) in [6.07, 6.45) is 0.572. The first-order chi connectivity index (χ1) is 8.74. The van der Waals surface area contributed by atoms with Crippen molar-refractivity contribution in [2.75, 3.05) is 20.8 Å². The van der Waals surface area contributed by atoms with Gasteiger partial charge < -0.3 is 18.6 Å². The minimum absolute atomic E-state index is 0.356. The molecule has 0 saturated heterocycles. The second-order valence-corrected chi connectivity index (χ2v) is 4.00. The van der Waals surface area contributed by atoms with Crippen molar-refractivity contribution in [3.63, 3.8) is 0 Å². The minimum Gasteiger partial charge on any atom is -0.496 e. The average Bonchev–Trinajstić information content (AvgIpc) is 2.87. The van der Waals surface area contributed by atoms with Crippen molar-refractivity contribution in [1.29, 1.82) is 0 Å². The van der Waals surface area contributed by atoms with Crippen LogP contribution in [-0.4, -0.2) is 20.8 Å². The largest absolute Gasteiger partial charge is 0.496 e. The van der Waals surface area contributed by atoms with Gasteiger partial charge in [-0.2, -0.15) is 0 Å².